The molecule has 1 fully saturated rings. The van der Waals surface area contributed by atoms with Crippen molar-refractivity contribution in [3.05, 3.63) is 57.7 Å². The van der Waals surface area contributed by atoms with Gasteiger partial charge in [0.1, 0.15) is 23.5 Å². The minimum Gasteiger partial charge on any atom is -0.462 e. The van der Waals surface area contributed by atoms with Crippen molar-refractivity contribution < 1.29 is 37.4 Å². The number of aromatic amines is 1. The van der Waals surface area contributed by atoms with Crippen molar-refractivity contribution >= 4 is 25.9 Å². The van der Waals surface area contributed by atoms with Crippen molar-refractivity contribution in [2.45, 2.75) is 63.9 Å². The first kappa shape index (κ1) is 28.2. The molecule has 0 bridgehead atoms. The van der Waals surface area contributed by atoms with E-state index in [4.69, 9.17) is 30.7 Å². The molecule has 11 nitrogen and oxygen atoms in total. The zero-order valence-corrected chi connectivity index (χ0v) is 21.8. The molecule has 0 spiro atoms. The SMILES string of the molecule is CC(C)OC(=O)[C@H](C)NP(=O)(OC[C@H]1O[C@@H](n2ccc(=O)[nH]c2=S)[C@](C)(O)C1F)Oc1ccccc1. The summed E-state index contributed by atoms with van der Waals surface area (Å²) in [6.07, 6.45) is -3.84. The fraction of sp³-hybridized carbons (Fsp3) is 0.500. The van der Waals surface area contributed by atoms with Crippen molar-refractivity contribution in [2.75, 3.05) is 6.61 Å². The molecule has 0 aliphatic carbocycles. The molecule has 1 saturated heterocycles. The number of esters is 1. The number of rotatable bonds is 10. The van der Waals surface area contributed by atoms with Gasteiger partial charge in [-0.3, -0.25) is 23.7 Å². The van der Waals surface area contributed by atoms with Crippen LogP contribution in [0, 0.1) is 4.77 Å². The number of hydrogen-bond acceptors (Lipinski definition) is 9. The van der Waals surface area contributed by atoms with Gasteiger partial charge in [-0.2, -0.15) is 5.09 Å². The molecule has 2 unspecified atom stereocenters. The Labute approximate surface area is 212 Å². The number of benzene rings is 1. The van der Waals surface area contributed by atoms with Crippen molar-refractivity contribution in [1.29, 1.82) is 0 Å². The van der Waals surface area contributed by atoms with E-state index in [1.54, 1.807) is 32.0 Å². The second-order valence-electron chi connectivity index (χ2n) is 8.71. The fourth-order valence-electron chi connectivity index (χ4n) is 3.47. The van der Waals surface area contributed by atoms with E-state index in [1.165, 1.54) is 36.7 Å². The van der Waals surface area contributed by atoms with Crippen LogP contribution in [-0.2, 0) is 23.4 Å². The summed E-state index contributed by atoms with van der Waals surface area (Å²) >= 11 is 5.10. The third-order valence-corrected chi connectivity index (χ3v) is 7.18. The number of aliphatic hydroxyl groups is 1. The van der Waals surface area contributed by atoms with Crippen molar-refractivity contribution in [3.8, 4) is 5.75 Å². The number of carbonyl (C=O) groups excluding carboxylic acids is 1. The van der Waals surface area contributed by atoms with Crippen molar-refractivity contribution in [2.24, 2.45) is 0 Å². The van der Waals surface area contributed by atoms with Gasteiger partial charge in [0.2, 0.25) is 0 Å². The summed E-state index contributed by atoms with van der Waals surface area (Å²) in [5.41, 5.74) is -2.54. The van der Waals surface area contributed by atoms with Crippen LogP contribution >= 0.6 is 20.0 Å². The van der Waals surface area contributed by atoms with Gasteiger partial charge in [0.25, 0.3) is 5.56 Å². The third-order valence-electron chi connectivity index (χ3n) is 5.23. The van der Waals surface area contributed by atoms with Gasteiger partial charge in [-0.25, -0.2) is 8.96 Å². The Morgan fingerprint density at radius 3 is 2.61 bits per heavy atom. The highest BCUT2D eigenvalue weighted by Gasteiger charge is 2.55. The zero-order chi connectivity index (χ0) is 26.7. The van der Waals surface area contributed by atoms with Crippen LogP contribution in [0.2, 0.25) is 0 Å². The average Bonchev–Trinajstić information content (AvgIpc) is 3.01. The Hall–Kier alpha value is -2.41. The number of nitrogens with one attached hydrogen (secondary N) is 2. The summed E-state index contributed by atoms with van der Waals surface area (Å²) in [5, 5.41) is 13.3. The quantitative estimate of drug-likeness (QED) is 0.232. The topological polar surface area (TPSA) is 141 Å². The van der Waals surface area contributed by atoms with Crippen LogP contribution in [0.25, 0.3) is 0 Å². The third kappa shape index (κ3) is 6.67. The molecular formula is C22H29FN3O8PS. The van der Waals surface area contributed by atoms with Crippen LogP contribution in [0.1, 0.15) is 33.9 Å². The summed E-state index contributed by atoms with van der Waals surface area (Å²) in [6.45, 7) is 5.33. The molecule has 1 aromatic carbocycles. The molecule has 2 aromatic rings. The molecule has 36 heavy (non-hydrogen) atoms. The van der Waals surface area contributed by atoms with Crippen LogP contribution < -0.4 is 15.2 Å². The molecule has 0 saturated carbocycles. The maximum Gasteiger partial charge on any atom is 0.459 e. The zero-order valence-electron chi connectivity index (χ0n) is 20.1. The standard InChI is InChI=1S/C22H29FN3O8PS/c1-13(2)32-19(28)14(3)25-35(30,34-15-8-6-5-7-9-15)31-12-16-18(23)22(4,29)20(33-16)26-11-10-17(27)24-21(26)36/h5-11,13-14,16,18,20,29H,12H2,1-4H3,(H,25,30)(H,24,27,36)/t14-,16+,18?,20+,22+,35?/m0/s1. The molecule has 2 heterocycles. The van der Waals surface area contributed by atoms with Gasteiger partial charge >= 0.3 is 13.7 Å². The van der Waals surface area contributed by atoms with E-state index >= 15 is 4.39 Å². The number of alkyl halides is 1. The Kier molecular flexibility index (Phi) is 8.86. The number of carbonyl (C=O) groups is 1. The lowest BCUT2D eigenvalue weighted by Crippen LogP contribution is -2.42. The minimum absolute atomic E-state index is 0.0845. The Balaban J connectivity index is 1.80. The van der Waals surface area contributed by atoms with Crippen LogP contribution in [-0.4, -0.2) is 57.3 Å². The van der Waals surface area contributed by atoms with E-state index in [0.29, 0.717) is 0 Å². The normalized spacial score (nSPS) is 26.4. The summed E-state index contributed by atoms with van der Waals surface area (Å²) in [6, 6.07) is 8.11. The summed E-state index contributed by atoms with van der Waals surface area (Å²) in [4.78, 5) is 26.1. The number of aromatic nitrogens is 2. The van der Waals surface area contributed by atoms with Gasteiger partial charge in [0, 0.05) is 12.3 Å². The second kappa shape index (κ2) is 11.3. The number of nitrogens with zero attached hydrogens (tertiary/aromatic N) is 1. The van der Waals surface area contributed by atoms with E-state index in [0.717, 1.165) is 6.07 Å². The average molecular weight is 546 g/mol. The fourth-order valence-corrected chi connectivity index (χ4v) is 5.23. The molecule has 1 aliphatic rings. The monoisotopic (exact) mass is 545 g/mol. The molecule has 3 N–H and O–H groups in total. The maximum atomic E-state index is 15.2. The predicted octanol–water partition coefficient (Wildman–Crippen LogP) is 3.03. The molecule has 198 valence electrons. The highest BCUT2D eigenvalue weighted by Crippen LogP contribution is 2.47. The number of para-hydroxylation sites is 1. The molecule has 0 amide bonds. The first-order valence-electron chi connectivity index (χ1n) is 11.1. The Morgan fingerprint density at radius 1 is 1.33 bits per heavy atom. The smallest absolute Gasteiger partial charge is 0.459 e. The molecule has 0 radical (unpaired) electrons. The summed E-state index contributed by atoms with van der Waals surface area (Å²) < 4.78 is 51.8. The lowest BCUT2D eigenvalue weighted by Gasteiger charge is -2.27. The van der Waals surface area contributed by atoms with Crippen molar-refractivity contribution in [1.82, 2.24) is 14.6 Å². The highest BCUT2D eigenvalue weighted by atomic mass is 32.1. The number of ether oxygens (including phenoxy) is 2. The lowest BCUT2D eigenvalue weighted by molar-refractivity contribution is -0.149. The predicted molar refractivity (Wildman–Crippen MR) is 130 cm³/mol. The number of halogens is 1. The Morgan fingerprint density at radius 2 is 2.00 bits per heavy atom. The maximum absolute atomic E-state index is 15.2. The van der Waals surface area contributed by atoms with Gasteiger partial charge in [0.15, 0.2) is 17.2 Å². The second-order valence-corrected chi connectivity index (χ2v) is 10.8. The largest absolute Gasteiger partial charge is 0.462 e. The van der Waals surface area contributed by atoms with Crippen molar-refractivity contribution in [3.63, 3.8) is 0 Å². The first-order chi connectivity index (χ1) is 16.8. The van der Waals surface area contributed by atoms with E-state index in [-0.39, 0.29) is 10.5 Å². The molecule has 14 heteroatoms. The van der Waals surface area contributed by atoms with Crippen LogP contribution in [0.5, 0.6) is 5.75 Å². The van der Waals surface area contributed by atoms with Gasteiger partial charge in [-0.15, -0.1) is 0 Å². The number of hydrogen-bond donors (Lipinski definition) is 3. The highest BCUT2D eigenvalue weighted by molar-refractivity contribution is 7.71. The number of H-pyrrole nitrogens is 1. The summed E-state index contributed by atoms with van der Waals surface area (Å²) in [7, 11) is -4.28. The molecule has 1 aromatic heterocycles. The molecule has 3 rings (SSSR count). The van der Waals surface area contributed by atoms with Gasteiger partial charge in [-0.05, 0) is 52.0 Å². The van der Waals surface area contributed by atoms with Crippen LogP contribution in [0.3, 0.4) is 0 Å². The molecule has 1 aliphatic heterocycles. The Bertz CT molecular complexity index is 1220. The van der Waals surface area contributed by atoms with Gasteiger partial charge < -0.3 is 19.1 Å². The van der Waals surface area contributed by atoms with Gasteiger partial charge in [-0.1, -0.05) is 18.2 Å². The lowest BCUT2D eigenvalue weighted by atomic mass is 9.98. The summed E-state index contributed by atoms with van der Waals surface area (Å²) in [5.74, 6) is -0.521. The molecule has 6 atom stereocenters. The van der Waals surface area contributed by atoms with E-state index < -0.39 is 62.1 Å². The van der Waals surface area contributed by atoms with E-state index in [1.807, 2.05) is 0 Å². The first-order valence-corrected chi connectivity index (χ1v) is 13.1. The van der Waals surface area contributed by atoms with Gasteiger partial charge in [0.05, 0.1) is 12.7 Å². The minimum atomic E-state index is -4.28. The van der Waals surface area contributed by atoms with Crippen LogP contribution in [0.15, 0.2) is 47.4 Å². The van der Waals surface area contributed by atoms with E-state index in [2.05, 4.69) is 10.1 Å². The molecular weight excluding hydrogens is 516 g/mol. The van der Waals surface area contributed by atoms with E-state index in [9.17, 15) is 19.3 Å². The van der Waals surface area contributed by atoms with Crippen LogP contribution in [0.4, 0.5) is 4.39 Å².